The summed E-state index contributed by atoms with van der Waals surface area (Å²) in [4.78, 5) is 49.1. The Hall–Kier alpha value is -2.04. The van der Waals surface area contributed by atoms with E-state index in [1.165, 1.54) is 27.7 Å². The zero-order chi connectivity index (χ0) is 18.6. The molecule has 5 heteroatoms. The molecule has 0 radical (unpaired) electrons. The third-order valence-electron chi connectivity index (χ3n) is 4.28. The summed E-state index contributed by atoms with van der Waals surface area (Å²) in [5.41, 5.74) is -2.59. The first-order valence-corrected chi connectivity index (χ1v) is 7.55. The van der Waals surface area contributed by atoms with E-state index in [9.17, 15) is 19.2 Å². The lowest BCUT2D eigenvalue weighted by Gasteiger charge is -2.28. The van der Waals surface area contributed by atoms with Crippen molar-refractivity contribution >= 4 is 23.5 Å². The maximum atomic E-state index is 12.4. The van der Waals surface area contributed by atoms with Crippen molar-refractivity contribution in [2.45, 2.75) is 54.4 Å². The zero-order valence-electron chi connectivity index (χ0n) is 14.9. The fraction of sp³-hybridized carbons (Fsp3) is 0.556. The van der Waals surface area contributed by atoms with E-state index in [0.717, 1.165) is 0 Å². The van der Waals surface area contributed by atoms with Gasteiger partial charge in [-0.3, -0.25) is 19.2 Å². The molecule has 0 aliphatic carbocycles. The Morgan fingerprint density at radius 2 is 1.04 bits per heavy atom. The molecule has 5 nitrogen and oxygen atoms in total. The van der Waals surface area contributed by atoms with Gasteiger partial charge in [-0.2, -0.15) is 0 Å². The van der Waals surface area contributed by atoms with Crippen LogP contribution in [0.25, 0.3) is 0 Å². The SMILES string of the molecule is C=C(C)C(=O)C(C)(CC)C(=O)OC(=O)C(C)(CC)C(=O)C(=C)C. The van der Waals surface area contributed by atoms with Crippen LogP contribution in [0, 0.1) is 10.8 Å². The second-order valence-corrected chi connectivity index (χ2v) is 6.27. The summed E-state index contributed by atoms with van der Waals surface area (Å²) in [6.07, 6.45) is 0.310. The smallest absolute Gasteiger partial charge is 0.327 e. The summed E-state index contributed by atoms with van der Waals surface area (Å²) in [5, 5.41) is 0. The van der Waals surface area contributed by atoms with Gasteiger partial charge in [0.15, 0.2) is 11.6 Å². The Kier molecular flexibility index (Phi) is 6.82. The number of allylic oxidation sites excluding steroid dienone is 2. The summed E-state index contributed by atoms with van der Waals surface area (Å²) >= 11 is 0. The van der Waals surface area contributed by atoms with Crippen LogP contribution in [0.4, 0.5) is 0 Å². The van der Waals surface area contributed by atoms with Crippen LogP contribution in [0.1, 0.15) is 54.4 Å². The topological polar surface area (TPSA) is 77.5 Å². The molecule has 0 rings (SSSR count). The highest BCUT2D eigenvalue weighted by molar-refractivity contribution is 6.16. The van der Waals surface area contributed by atoms with Gasteiger partial charge < -0.3 is 4.74 Å². The van der Waals surface area contributed by atoms with Gasteiger partial charge in [-0.1, -0.05) is 27.0 Å². The molecule has 0 fully saturated rings. The quantitative estimate of drug-likeness (QED) is 0.389. The van der Waals surface area contributed by atoms with E-state index in [2.05, 4.69) is 13.2 Å². The molecule has 2 atom stereocenters. The first kappa shape index (κ1) is 21.0. The highest BCUT2D eigenvalue weighted by Crippen LogP contribution is 2.31. The molecule has 0 amide bonds. The standard InChI is InChI=1S/C18H26O5/c1-9-17(7,13(19)11(3)4)15(21)23-16(22)18(8,10-2)14(20)12(5)6/h3,5,9-10H2,1-2,4,6-8H3. The number of hydrogen-bond donors (Lipinski definition) is 0. The van der Waals surface area contributed by atoms with Crippen LogP contribution in [0.15, 0.2) is 24.3 Å². The van der Waals surface area contributed by atoms with Crippen molar-refractivity contribution in [2.75, 3.05) is 0 Å². The number of carbonyl (C=O) groups is 4. The Balaban J connectivity index is 5.55. The molecule has 0 aromatic rings. The number of carbonyl (C=O) groups excluding carboxylic acids is 4. The van der Waals surface area contributed by atoms with Gasteiger partial charge >= 0.3 is 11.9 Å². The molecule has 0 saturated heterocycles. The summed E-state index contributed by atoms with van der Waals surface area (Å²) in [6.45, 7) is 16.2. The molecular formula is C18H26O5. The van der Waals surface area contributed by atoms with Gasteiger partial charge in [-0.15, -0.1) is 0 Å². The number of ether oxygens (including phenoxy) is 1. The van der Waals surface area contributed by atoms with Crippen LogP contribution >= 0.6 is 0 Å². The van der Waals surface area contributed by atoms with Gasteiger partial charge in [0.25, 0.3) is 0 Å². The number of Topliss-reactive ketones (excluding diaryl/α,β-unsaturated/α-hetero) is 2. The predicted octanol–water partition coefficient (Wildman–Crippen LogP) is 3.18. The highest BCUT2D eigenvalue weighted by Gasteiger charge is 2.47. The third kappa shape index (κ3) is 4.03. The van der Waals surface area contributed by atoms with Crippen LogP contribution < -0.4 is 0 Å². The maximum absolute atomic E-state index is 12.4. The molecule has 128 valence electrons. The van der Waals surface area contributed by atoms with E-state index in [1.807, 2.05) is 0 Å². The van der Waals surface area contributed by atoms with Crippen molar-refractivity contribution in [3.8, 4) is 0 Å². The molecule has 0 aromatic carbocycles. The monoisotopic (exact) mass is 322 g/mol. The van der Waals surface area contributed by atoms with E-state index >= 15 is 0 Å². The van der Waals surface area contributed by atoms with Gasteiger partial charge in [0.05, 0.1) is 0 Å². The van der Waals surface area contributed by atoms with Crippen LogP contribution in [-0.2, 0) is 23.9 Å². The minimum Gasteiger partial charge on any atom is -0.392 e. The second kappa shape index (κ2) is 7.49. The molecular weight excluding hydrogens is 296 g/mol. The van der Waals surface area contributed by atoms with Crippen LogP contribution in [-0.4, -0.2) is 23.5 Å². The zero-order valence-corrected chi connectivity index (χ0v) is 14.9. The molecule has 0 N–H and O–H groups in total. The average molecular weight is 322 g/mol. The molecule has 23 heavy (non-hydrogen) atoms. The first-order chi connectivity index (χ1) is 10.4. The number of hydrogen-bond acceptors (Lipinski definition) is 5. The van der Waals surface area contributed by atoms with Crippen molar-refractivity contribution in [3.63, 3.8) is 0 Å². The van der Waals surface area contributed by atoms with E-state index in [4.69, 9.17) is 4.74 Å². The van der Waals surface area contributed by atoms with Crippen molar-refractivity contribution in [3.05, 3.63) is 24.3 Å². The fourth-order valence-corrected chi connectivity index (χ4v) is 2.05. The van der Waals surface area contributed by atoms with Gasteiger partial charge in [-0.25, -0.2) is 0 Å². The van der Waals surface area contributed by atoms with Gasteiger partial charge in [0, 0.05) is 0 Å². The summed E-state index contributed by atoms with van der Waals surface area (Å²) in [6, 6.07) is 0. The lowest BCUT2D eigenvalue weighted by atomic mass is 9.79. The van der Waals surface area contributed by atoms with E-state index in [1.54, 1.807) is 13.8 Å². The van der Waals surface area contributed by atoms with Crippen molar-refractivity contribution in [1.29, 1.82) is 0 Å². The molecule has 0 spiro atoms. The number of rotatable bonds is 8. The molecule has 2 unspecified atom stereocenters. The average Bonchev–Trinajstić information content (AvgIpc) is 2.50. The van der Waals surface area contributed by atoms with Gasteiger partial charge in [0.1, 0.15) is 10.8 Å². The Morgan fingerprint density at radius 3 is 1.22 bits per heavy atom. The third-order valence-corrected chi connectivity index (χ3v) is 4.28. The molecule has 0 saturated carbocycles. The number of ketones is 2. The van der Waals surface area contributed by atoms with Gasteiger partial charge in [-0.05, 0) is 51.7 Å². The maximum Gasteiger partial charge on any atom is 0.327 e. The Labute approximate surface area is 137 Å². The lowest BCUT2D eigenvalue weighted by Crippen LogP contribution is -2.44. The summed E-state index contributed by atoms with van der Waals surface area (Å²) < 4.78 is 4.90. The minimum absolute atomic E-state index is 0.155. The molecule has 0 aliphatic rings. The van der Waals surface area contributed by atoms with Crippen molar-refractivity contribution < 1.29 is 23.9 Å². The Morgan fingerprint density at radius 1 is 0.783 bits per heavy atom. The van der Waals surface area contributed by atoms with Crippen LogP contribution in [0.2, 0.25) is 0 Å². The summed E-state index contributed by atoms with van der Waals surface area (Å²) in [7, 11) is 0. The van der Waals surface area contributed by atoms with Crippen LogP contribution in [0.3, 0.4) is 0 Å². The second-order valence-electron chi connectivity index (χ2n) is 6.27. The number of esters is 2. The molecule has 0 heterocycles. The highest BCUT2D eigenvalue weighted by atomic mass is 16.6. The molecule has 0 aromatic heterocycles. The van der Waals surface area contributed by atoms with Gasteiger partial charge in [0.2, 0.25) is 0 Å². The van der Waals surface area contributed by atoms with E-state index in [0.29, 0.717) is 0 Å². The van der Waals surface area contributed by atoms with Crippen molar-refractivity contribution in [1.82, 2.24) is 0 Å². The summed E-state index contributed by atoms with van der Waals surface area (Å²) in [5.74, 6) is -2.90. The normalized spacial score (nSPS) is 15.7. The largest absolute Gasteiger partial charge is 0.392 e. The fourth-order valence-electron chi connectivity index (χ4n) is 2.05. The van der Waals surface area contributed by atoms with E-state index in [-0.39, 0.29) is 24.0 Å². The predicted molar refractivity (Wildman–Crippen MR) is 87.5 cm³/mol. The minimum atomic E-state index is -1.50. The molecule has 0 bridgehead atoms. The van der Waals surface area contributed by atoms with Crippen LogP contribution in [0.5, 0.6) is 0 Å². The lowest BCUT2D eigenvalue weighted by molar-refractivity contribution is -0.174. The Bertz CT molecular complexity index is 522. The first-order valence-electron chi connectivity index (χ1n) is 7.55. The van der Waals surface area contributed by atoms with E-state index < -0.39 is 34.3 Å². The van der Waals surface area contributed by atoms with Crippen molar-refractivity contribution in [2.24, 2.45) is 10.8 Å². The molecule has 0 aliphatic heterocycles.